The van der Waals surface area contributed by atoms with Crippen LogP contribution < -0.4 is 10.5 Å². The van der Waals surface area contributed by atoms with E-state index in [1.807, 2.05) is 0 Å². The third-order valence-corrected chi connectivity index (χ3v) is 4.10. The van der Waals surface area contributed by atoms with Gasteiger partial charge in [-0.2, -0.15) is 0 Å². The van der Waals surface area contributed by atoms with Crippen LogP contribution in [0, 0.1) is 0 Å². The number of piperidine rings is 1. The second kappa shape index (κ2) is 5.29. The van der Waals surface area contributed by atoms with Gasteiger partial charge in [-0.15, -0.1) is 0 Å². The van der Waals surface area contributed by atoms with E-state index in [1.54, 1.807) is 0 Å². The van der Waals surface area contributed by atoms with E-state index in [0.29, 0.717) is 6.04 Å². The van der Waals surface area contributed by atoms with Crippen molar-refractivity contribution >= 4 is 0 Å². The standard InChI is InChI=1S/C15H22N2O/c16-14-4-8-17(9-5-14)7-3-12-1-2-15-13(11-12)6-10-18-15/h1-2,11,14H,3-10,16H2. The highest BCUT2D eigenvalue weighted by atomic mass is 16.5. The minimum absolute atomic E-state index is 0.429. The maximum atomic E-state index is 5.93. The highest BCUT2D eigenvalue weighted by Gasteiger charge is 2.16. The Morgan fingerprint density at radius 3 is 2.94 bits per heavy atom. The number of nitrogens with zero attached hydrogens (tertiary/aromatic N) is 1. The smallest absolute Gasteiger partial charge is 0.122 e. The van der Waals surface area contributed by atoms with E-state index in [9.17, 15) is 0 Å². The van der Waals surface area contributed by atoms with Crippen LogP contribution in [0.2, 0.25) is 0 Å². The Morgan fingerprint density at radius 2 is 2.11 bits per heavy atom. The molecule has 0 aromatic heterocycles. The first-order chi connectivity index (χ1) is 8.81. The highest BCUT2D eigenvalue weighted by Crippen LogP contribution is 2.26. The van der Waals surface area contributed by atoms with Crippen LogP contribution in [0.5, 0.6) is 5.75 Å². The minimum Gasteiger partial charge on any atom is -0.493 e. The lowest BCUT2D eigenvalue weighted by atomic mass is 10.0. The minimum atomic E-state index is 0.429. The summed E-state index contributed by atoms with van der Waals surface area (Å²) < 4.78 is 5.54. The molecule has 3 rings (SSSR count). The Bertz CT molecular complexity index is 411. The zero-order valence-electron chi connectivity index (χ0n) is 10.9. The lowest BCUT2D eigenvalue weighted by molar-refractivity contribution is 0.215. The van der Waals surface area contributed by atoms with Gasteiger partial charge in [0, 0.05) is 19.0 Å². The van der Waals surface area contributed by atoms with Crippen molar-refractivity contribution in [2.24, 2.45) is 5.73 Å². The zero-order chi connectivity index (χ0) is 12.4. The van der Waals surface area contributed by atoms with Gasteiger partial charge in [-0.1, -0.05) is 12.1 Å². The van der Waals surface area contributed by atoms with Gasteiger partial charge in [0.25, 0.3) is 0 Å². The van der Waals surface area contributed by atoms with Gasteiger partial charge in [-0.05, 0) is 49.5 Å². The molecule has 98 valence electrons. The lowest BCUT2D eigenvalue weighted by Gasteiger charge is -2.30. The number of nitrogens with two attached hydrogens (primary N) is 1. The lowest BCUT2D eigenvalue weighted by Crippen LogP contribution is -2.40. The normalized spacial score (nSPS) is 20.7. The topological polar surface area (TPSA) is 38.5 Å². The second-order valence-electron chi connectivity index (χ2n) is 5.47. The Kier molecular flexibility index (Phi) is 3.52. The number of likely N-dealkylation sites (tertiary alicyclic amines) is 1. The molecule has 2 heterocycles. The summed E-state index contributed by atoms with van der Waals surface area (Å²) in [6, 6.07) is 7.08. The summed E-state index contributed by atoms with van der Waals surface area (Å²) in [5, 5.41) is 0. The van der Waals surface area contributed by atoms with Crippen molar-refractivity contribution in [3.05, 3.63) is 29.3 Å². The van der Waals surface area contributed by atoms with Crippen molar-refractivity contribution < 1.29 is 4.74 Å². The number of rotatable bonds is 3. The zero-order valence-corrected chi connectivity index (χ0v) is 10.9. The van der Waals surface area contributed by atoms with Crippen molar-refractivity contribution in [3.63, 3.8) is 0 Å². The van der Waals surface area contributed by atoms with Crippen LogP contribution in [0.1, 0.15) is 24.0 Å². The molecule has 2 N–H and O–H groups in total. The van der Waals surface area contributed by atoms with Crippen LogP contribution >= 0.6 is 0 Å². The molecule has 18 heavy (non-hydrogen) atoms. The summed E-state index contributed by atoms with van der Waals surface area (Å²) in [7, 11) is 0. The molecule has 0 saturated carbocycles. The van der Waals surface area contributed by atoms with Crippen molar-refractivity contribution in [1.82, 2.24) is 4.90 Å². The molecule has 0 radical (unpaired) electrons. The van der Waals surface area contributed by atoms with Gasteiger partial charge >= 0.3 is 0 Å². The van der Waals surface area contributed by atoms with Gasteiger partial charge in [0.1, 0.15) is 5.75 Å². The van der Waals surface area contributed by atoms with E-state index in [-0.39, 0.29) is 0 Å². The van der Waals surface area contributed by atoms with Gasteiger partial charge in [-0.25, -0.2) is 0 Å². The summed E-state index contributed by atoms with van der Waals surface area (Å²) in [4.78, 5) is 2.53. The molecule has 0 atom stereocenters. The van der Waals surface area contributed by atoms with Crippen molar-refractivity contribution in [2.75, 3.05) is 26.2 Å². The molecule has 0 unspecified atom stereocenters. The molecule has 0 amide bonds. The van der Waals surface area contributed by atoms with Crippen molar-refractivity contribution in [2.45, 2.75) is 31.7 Å². The van der Waals surface area contributed by atoms with Gasteiger partial charge in [-0.3, -0.25) is 0 Å². The van der Waals surface area contributed by atoms with Crippen LogP contribution in [0.4, 0.5) is 0 Å². The van der Waals surface area contributed by atoms with Crippen LogP contribution in [0.15, 0.2) is 18.2 Å². The maximum absolute atomic E-state index is 5.93. The number of hydrogen-bond acceptors (Lipinski definition) is 3. The van der Waals surface area contributed by atoms with Gasteiger partial charge in [0.15, 0.2) is 0 Å². The maximum Gasteiger partial charge on any atom is 0.122 e. The van der Waals surface area contributed by atoms with E-state index in [4.69, 9.17) is 10.5 Å². The predicted octanol–water partition coefficient (Wildman–Crippen LogP) is 1.59. The highest BCUT2D eigenvalue weighted by molar-refractivity contribution is 5.39. The molecule has 2 aliphatic rings. The Morgan fingerprint density at radius 1 is 1.28 bits per heavy atom. The van der Waals surface area contributed by atoms with Crippen molar-refractivity contribution in [3.8, 4) is 5.75 Å². The first-order valence-corrected chi connectivity index (χ1v) is 7.04. The molecule has 1 saturated heterocycles. The Balaban J connectivity index is 1.54. The molecule has 1 fully saturated rings. The SMILES string of the molecule is NC1CCN(CCc2ccc3c(c2)CCO3)CC1. The summed E-state index contributed by atoms with van der Waals surface area (Å²) in [5.41, 5.74) is 8.75. The van der Waals surface area contributed by atoms with E-state index in [0.717, 1.165) is 57.7 Å². The van der Waals surface area contributed by atoms with Crippen LogP contribution in [-0.4, -0.2) is 37.2 Å². The van der Waals surface area contributed by atoms with Crippen LogP contribution in [-0.2, 0) is 12.8 Å². The number of ether oxygens (including phenoxy) is 1. The fraction of sp³-hybridized carbons (Fsp3) is 0.600. The summed E-state index contributed by atoms with van der Waals surface area (Å²) in [5.74, 6) is 1.09. The molecule has 3 heteroatoms. The van der Waals surface area contributed by atoms with E-state index >= 15 is 0 Å². The molecule has 0 aliphatic carbocycles. The van der Waals surface area contributed by atoms with Crippen molar-refractivity contribution in [1.29, 1.82) is 0 Å². The number of benzene rings is 1. The predicted molar refractivity (Wildman–Crippen MR) is 73.0 cm³/mol. The van der Waals surface area contributed by atoms with E-state index in [2.05, 4.69) is 23.1 Å². The quantitative estimate of drug-likeness (QED) is 0.880. The van der Waals surface area contributed by atoms with E-state index < -0.39 is 0 Å². The van der Waals surface area contributed by atoms with Gasteiger partial charge in [0.2, 0.25) is 0 Å². The summed E-state index contributed by atoms with van der Waals surface area (Å²) in [6.45, 7) is 4.33. The molecular formula is C15H22N2O. The second-order valence-corrected chi connectivity index (χ2v) is 5.47. The largest absolute Gasteiger partial charge is 0.493 e. The molecule has 1 aromatic carbocycles. The summed E-state index contributed by atoms with van der Waals surface area (Å²) >= 11 is 0. The van der Waals surface area contributed by atoms with Crippen LogP contribution in [0.25, 0.3) is 0 Å². The fourth-order valence-electron chi connectivity index (χ4n) is 2.86. The third kappa shape index (κ3) is 2.68. The van der Waals surface area contributed by atoms with Gasteiger partial charge in [0.05, 0.1) is 6.61 Å². The molecule has 1 aromatic rings. The number of fused-ring (bicyclic) bond motifs is 1. The fourth-order valence-corrected chi connectivity index (χ4v) is 2.86. The van der Waals surface area contributed by atoms with E-state index in [1.165, 1.54) is 11.1 Å². The Hall–Kier alpha value is -1.06. The monoisotopic (exact) mass is 246 g/mol. The average molecular weight is 246 g/mol. The molecule has 2 aliphatic heterocycles. The molecular weight excluding hydrogens is 224 g/mol. The first kappa shape index (κ1) is 12.0. The van der Waals surface area contributed by atoms with Gasteiger partial charge < -0.3 is 15.4 Å². The Labute approximate surface area is 109 Å². The molecule has 3 nitrogen and oxygen atoms in total. The molecule has 0 bridgehead atoms. The first-order valence-electron chi connectivity index (χ1n) is 7.04. The van der Waals surface area contributed by atoms with Crippen LogP contribution in [0.3, 0.4) is 0 Å². The molecule has 0 spiro atoms. The third-order valence-electron chi connectivity index (χ3n) is 4.10. The summed E-state index contributed by atoms with van der Waals surface area (Å²) in [6.07, 6.45) is 4.51. The average Bonchev–Trinajstić information content (AvgIpc) is 2.85. The number of hydrogen-bond donors (Lipinski definition) is 1.